The lowest BCUT2D eigenvalue weighted by atomic mass is 10.00. The number of benzene rings is 1. The molecule has 1 aromatic heterocycles. The summed E-state index contributed by atoms with van der Waals surface area (Å²) in [5.41, 5.74) is 6.13. The second-order valence-electron chi connectivity index (χ2n) is 3.69. The second-order valence-corrected chi connectivity index (χ2v) is 3.69. The summed E-state index contributed by atoms with van der Waals surface area (Å²) in [6.07, 6.45) is 3.38. The zero-order valence-corrected chi connectivity index (χ0v) is 9.09. The van der Waals surface area contributed by atoms with Crippen LogP contribution in [0.3, 0.4) is 0 Å². The number of hydrazine groups is 1. The van der Waals surface area contributed by atoms with E-state index in [-0.39, 0.29) is 6.04 Å². The van der Waals surface area contributed by atoms with Crippen molar-refractivity contribution in [3.8, 4) is 0 Å². The molecule has 2 aromatic rings. The average Bonchev–Trinajstić information content (AvgIpc) is 2.31. The van der Waals surface area contributed by atoms with Gasteiger partial charge in [0.05, 0.1) is 12.2 Å². The number of nitrogens with zero attached hydrogens (tertiary/aromatic N) is 2. The van der Waals surface area contributed by atoms with Crippen LogP contribution in [-0.4, -0.2) is 10.2 Å². The molecular weight excluding hydrogens is 200 g/mol. The van der Waals surface area contributed by atoms with Crippen LogP contribution in [0.15, 0.2) is 42.7 Å². The van der Waals surface area contributed by atoms with E-state index in [0.29, 0.717) is 0 Å². The summed E-state index contributed by atoms with van der Waals surface area (Å²) in [7, 11) is 0. The molecule has 16 heavy (non-hydrogen) atoms. The molecule has 2 rings (SSSR count). The molecule has 0 saturated heterocycles. The van der Waals surface area contributed by atoms with Crippen LogP contribution in [0.5, 0.6) is 0 Å². The molecule has 4 nitrogen and oxygen atoms in total. The number of nitrogens with one attached hydrogen (secondary N) is 1. The zero-order valence-electron chi connectivity index (χ0n) is 9.09. The van der Waals surface area contributed by atoms with Crippen molar-refractivity contribution in [1.29, 1.82) is 0 Å². The summed E-state index contributed by atoms with van der Waals surface area (Å²) in [6, 6.07) is 10.1. The Labute approximate surface area is 94.5 Å². The molecule has 0 aliphatic carbocycles. The van der Waals surface area contributed by atoms with E-state index in [1.807, 2.05) is 18.2 Å². The number of aryl methyl sites for hydroxylation is 1. The summed E-state index contributed by atoms with van der Waals surface area (Å²) in [4.78, 5) is 0. The van der Waals surface area contributed by atoms with Crippen molar-refractivity contribution in [1.82, 2.24) is 15.6 Å². The van der Waals surface area contributed by atoms with E-state index in [1.54, 1.807) is 12.4 Å². The summed E-state index contributed by atoms with van der Waals surface area (Å²) < 4.78 is 0. The minimum atomic E-state index is -0.0459. The number of hydrogen-bond donors (Lipinski definition) is 2. The Morgan fingerprint density at radius 2 is 2.06 bits per heavy atom. The van der Waals surface area contributed by atoms with Gasteiger partial charge in [-0.3, -0.25) is 5.84 Å². The van der Waals surface area contributed by atoms with Gasteiger partial charge in [0.1, 0.15) is 0 Å². The van der Waals surface area contributed by atoms with Gasteiger partial charge in [0.25, 0.3) is 0 Å². The van der Waals surface area contributed by atoms with Crippen LogP contribution in [0.4, 0.5) is 0 Å². The third kappa shape index (κ3) is 2.24. The van der Waals surface area contributed by atoms with Crippen LogP contribution in [0.2, 0.25) is 0 Å². The number of aromatic nitrogens is 2. The first-order valence-electron chi connectivity index (χ1n) is 5.10. The van der Waals surface area contributed by atoms with Gasteiger partial charge in [0, 0.05) is 6.20 Å². The number of hydrogen-bond acceptors (Lipinski definition) is 4. The SMILES string of the molecule is Cc1cccc(C(NN)c2ccnnc2)c1. The first-order valence-corrected chi connectivity index (χ1v) is 5.10. The van der Waals surface area contributed by atoms with E-state index >= 15 is 0 Å². The lowest BCUT2D eigenvalue weighted by Gasteiger charge is -2.16. The predicted octanol–water partition coefficient (Wildman–Crippen LogP) is 1.34. The van der Waals surface area contributed by atoms with Crippen LogP contribution < -0.4 is 11.3 Å². The second kappa shape index (κ2) is 4.83. The highest BCUT2D eigenvalue weighted by Gasteiger charge is 2.12. The molecule has 1 heterocycles. The van der Waals surface area contributed by atoms with E-state index in [4.69, 9.17) is 5.84 Å². The van der Waals surface area contributed by atoms with E-state index in [1.165, 1.54) is 5.56 Å². The van der Waals surface area contributed by atoms with Crippen molar-refractivity contribution in [3.05, 3.63) is 59.4 Å². The van der Waals surface area contributed by atoms with E-state index in [2.05, 4.69) is 34.7 Å². The molecule has 0 radical (unpaired) electrons. The van der Waals surface area contributed by atoms with Gasteiger partial charge in [-0.25, -0.2) is 5.43 Å². The highest BCUT2D eigenvalue weighted by Crippen LogP contribution is 2.20. The van der Waals surface area contributed by atoms with Crippen LogP contribution in [0, 0.1) is 6.92 Å². The van der Waals surface area contributed by atoms with Crippen LogP contribution in [0.25, 0.3) is 0 Å². The maximum atomic E-state index is 5.59. The molecule has 1 atom stereocenters. The standard InChI is InChI=1S/C12H14N4/c1-9-3-2-4-10(7-9)12(16-13)11-5-6-14-15-8-11/h2-8,12,16H,13H2,1H3. The Kier molecular flexibility index (Phi) is 3.24. The average molecular weight is 214 g/mol. The Morgan fingerprint density at radius 3 is 2.69 bits per heavy atom. The fourth-order valence-corrected chi connectivity index (χ4v) is 1.71. The molecule has 0 bridgehead atoms. The van der Waals surface area contributed by atoms with Gasteiger partial charge in [0.2, 0.25) is 0 Å². The van der Waals surface area contributed by atoms with E-state index in [0.717, 1.165) is 11.1 Å². The number of rotatable bonds is 3. The topological polar surface area (TPSA) is 63.8 Å². The highest BCUT2D eigenvalue weighted by atomic mass is 15.2. The molecule has 1 aromatic carbocycles. The quantitative estimate of drug-likeness (QED) is 0.597. The summed E-state index contributed by atoms with van der Waals surface area (Å²) in [6.45, 7) is 2.06. The zero-order chi connectivity index (χ0) is 11.4. The molecule has 0 fully saturated rings. The van der Waals surface area contributed by atoms with Crippen molar-refractivity contribution < 1.29 is 0 Å². The normalized spacial score (nSPS) is 12.4. The Morgan fingerprint density at radius 1 is 1.19 bits per heavy atom. The molecule has 0 amide bonds. The molecule has 0 aliphatic rings. The lowest BCUT2D eigenvalue weighted by molar-refractivity contribution is 0.632. The van der Waals surface area contributed by atoms with Crippen LogP contribution in [-0.2, 0) is 0 Å². The number of nitrogens with two attached hydrogens (primary N) is 1. The predicted molar refractivity (Wildman–Crippen MR) is 62.4 cm³/mol. The van der Waals surface area contributed by atoms with Gasteiger partial charge in [-0.15, -0.1) is 0 Å². The Hall–Kier alpha value is -1.78. The third-order valence-corrected chi connectivity index (χ3v) is 2.48. The van der Waals surface area contributed by atoms with Crippen LogP contribution >= 0.6 is 0 Å². The van der Waals surface area contributed by atoms with Crippen molar-refractivity contribution in [2.75, 3.05) is 0 Å². The molecule has 0 aliphatic heterocycles. The molecule has 4 heteroatoms. The largest absolute Gasteiger partial charge is 0.271 e. The van der Waals surface area contributed by atoms with Gasteiger partial charge in [-0.2, -0.15) is 10.2 Å². The minimum absolute atomic E-state index is 0.0459. The van der Waals surface area contributed by atoms with Crippen molar-refractivity contribution in [3.63, 3.8) is 0 Å². The summed E-state index contributed by atoms with van der Waals surface area (Å²) in [5, 5.41) is 7.61. The Balaban J connectivity index is 2.37. The lowest BCUT2D eigenvalue weighted by Crippen LogP contribution is -2.29. The van der Waals surface area contributed by atoms with Crippen molar-refractivity contribution in [2.45, 2.75) is 13.0 Å². The monoisotopic (exact) mass is 214 g/mol. The van der Waals surface area contributed by atoms with Gasteiger partial charge in [-0.1, -0.05) is 29.8 Å². The first kappa shape index (κ1) is 10.7. The van der Waals surface area contributed by atoms with Crippen molar-refractivity contribution >= 4 is 0 Å². The van der Waals surface area contributed by atoms with Gasteiger partial charge >= 0.3 is 0 Å². The first-order chi connectivity index (χ1) is 7.81. The molecule has 1 unspecified atom stereocenters. The van der Waals surface area contributed by atoms with Gasteiger partial charge < -0.3 is 0 Å². The van der Waals surface area contributed by atoms with E-state index in [9.17, 15) is 0 Å². The Bertz CT molecular complexity index is 456. The fourth-order valence-electron chi connectivity index (χ4n) is 1.71. The highest BCUT2D eigenvalue weighted by molar-refractivity contribution is 5.31. The van der Waals surface area contributed by atoms with Crippen LogP contribution in [0.1, 0.15) is 22.7 Å². The fraction of sp³-hybridized carbons (Fsp3) is 0.167. The smallest absolute Gasteiger partial charge is 0.0726 e. The maximum Gasteiger partial charge on any atom is 0.0726 e. The van der Waals surface area contributed by atoms with Crippen molar-refractivity contribution in [2.24, 2.45) is 5.84 Å². The summed E-state index contributed by atoms with van der Waals surface area (Å²) >= 11 is 0. The van der Waals surface area contributed by atoms with E-state index < -0.39 is 0 Å². The maximum absolute atomic E-state index is 5.59. The summed E-state index contributed by atoms with van der Waals surface area (Å²) in [5.74, 6) is 5.59. The molecule has 0 spiro atoms. The molecular formula is C12H14N4. The van der Waals surface area contributed by atoms with Gasteiger partial charge in [-0.05, 0) is 24.1 Å². The molecule has 82 valence electrons. The third-order valence-electron chi connectivity index (χ3n) is 2.48. The molecule has 0 saturated carbocycles. The van der Waals surface area contributed by atoms with Gasteiger partial charge in [0.15, 0.2) is 0 Å². The minimum Gasteiger partial charge on any atom is -0.271 e. The molecule has 3 N–H and O–H groups in total.